The van der Waals surface area contributed by atoms with Gasteiger partial charge in [0.2, 0.25) is 0 Å². The number of rotatable bonds is 8. The summed E-state index contributed by atoms with van der Waals surface area (Å²) in [4.78, 5) is 0. The highest BCUT2D eigenvalue weighted by molar-refractivity contribution is 5.83. The Hall–Kier alpha value is -1.32. The van der Waals surface area contributed by atoms with E-state index in [1.54, 1.807) is 0 Å². The molecule has 0 unspecified atom stereocenters. The molecule has 0 aliphatic heterocycles. The zero-order valence-electron chi connectivity index (χ0n) is 13.7. The summed E-state index contributed by atoms with van der Waals surface area (Å²) in [5, 5.41) is 4.82. The molecular weight excluding hydrogens is 260 g/mol. The molecule has 1 aromatic heterocycles. The lowest BCUT2D eigenvalue weighted by atomic mass is 10.1. The van der Waals surface area contributed by atoms with E-state index in [9.17, 15) is 0 Å². The number of hydrogen-bond donors (Lipinski definition) is 1. The fraction of sp³-hybridized carbons (Fsp3) is 0.556. The molecule has 0 fully saturated rings. The summed E-state index contributed by atoms with van der Waals surface area (Å²) in [5.41, 5.74) is 2.69. The van der Waals surface area contributed by atoms with Gasteiger partial charge in [0.15, 0.2) is 0 Å². The number of aromatic nitrogens is 1. The third kappa shape index (κ3) is 4.58. The van der Waals surface area contributed by atoms with Gasteiger partial charge in [-0.1, -0.05) is 45.9 Å². The predicted molar refractivity (Wildman–Crippen MR) is 89.6 cm³/mol. The molecule has 0 radical (unpaired) electrons. The minimum absolute atomic E-state index is 0.498. The van der Waals surface area contributed by atoms with E-state index in [0.717, 1.165) is 26.3 Å². The van der Waals surface area contributed by atoms with E-state index in [4.69, 9.17) is 4.74 Å². The Bertz CT molecular complexity index is 557. The monoisotopic (exact) mass is 288 g/mol. The van der Waals surface area contributed by atoms with Crippen molar-refractivity contribution in [3.63, 3.8) is 0 Å². The molecule has 0 spiro atoms. The van der Waals surface area contributed by atoms with Crippen LogP contribution < -0.4 is 5.32 Å². The second-order valence-electron chi connectivity index (χ2n) is 6.37. The molecule has 3 nitrogen and oxygen atoms in total. The highest BCUT2D eigenvalue weighted by Gasteiger charge is 2.07. The highest BCUT2D eigenvalue weighted by Crippen LogP contribution is 2.20. The summed E-state index contributed by atoms with van der Waals surface area (Å²) in [5.74, 6) is 0.595. The fourth-order valence-corrected chi connectivity index (χ4v) is 2.47. The first-order chi connectivity index (χ1) is 10.1. The minimum Gasteiger partial charge on any atom is -0.379 e. The lowest BCUT2D eigenvalue weighted by Gasteiger charge is -2.13. The van der Waals surface area contributed by atoms with Crippen molar-refractivity contribution in [1.29, 1.82) is 0 Å². The molecule has 0 bridgehead atoms. The Kier molecular flexibility index (Phi) is 5.83. The zero-order chi connectivity index (χ0) is 15.2. The van der Waals surface area contributed by atoms with Gasteiger partial charge in [-0.2, -0.15) is 0 Å². The second kappa shape index (κ2) is 7.62. The van der Waals surface area contributed by atoms with Crippen LogP contribution in [-0.2, 0) is 17.8 Å². The standard InChI is InChI=1S/C18H28N2O/c1-14(2)13-21-11-10-20-9-8-16-6-5-7-17(18(16)20)12-19-15(3)4/h5-9,14-15,19H,10-13H2,1-4H3. The van der Waals surface area contributed by atoms with Crippen LogP contribution in [0.1, 0.15) is 33.3 Å². The first-order valence-corrected chi connectivity index (χ1v) is 7.95. The average Bonchev–Trinajstić information content (AvgIpc) is 2.85. The molecule has 0 saturated heterocycles. The second-order valence-corrected chi connectivity index (χ2v) is 6.37. The molecule has 0 aliphatic carbocycles. The first-order valence-electron chi connectivity index (χ1n) is 7.95. The normalized spacial score (nSPS) is 11.9. The number of nitrogens with one attached hydrogen (secondary N) is 1. The lowest BCUT2D eigenvalue weighted by molar-refractivity contribution is 0.104. The minimum atomic E-state index is 0.498. The number of hydrogen-bond acceptors (Lipinski definition) is 2. The molecular formula is C18H28N2O. The maximum absolute atomic E-state index is 5.72. The van der Waals surface area contributed by atoms with Gasteiger partial charge in [0.1, 0.15) is 0 Å². The van der Waals surface area contributed by atoms with E-state index in [0.29, 0.717) is 12.0 Å². The largest absolute Gasteiger partial charge is 0.379 e. The molecule has 1 aromatic carbocycles. The van der Waals surface area contributed by atoms with Gasteiger partial charge in [-0.15, -0.1) is 0 Å². The van der Waals surface area contributed by atoms with Crippen molar-refractivity contribution in [1.82, 2.24) is 9.88 Å². The molecule has 3 heteroatoms. The van der Waals surface area contributed by atoms with Gasteiger partial charge in [0.05, 0.1) is 12.1 Å². The number of benzene rings is 1. The van der Waals surface area contributed by atoms with Crippen LogP contribution >= 0.6 is 0 Å². The SMILES string of the molecule is CC(C)COCCn1ccc2cccc(CNC(C)C)c21. The number of fused-ring (bicyclic) bond motifs is 1. The van der Waals surface area contributed by atoms with E-state index in [1.807, 2.05) is 0 Å². The summed E-state index contributed by atoms with van der Waals surface area (Å²) in [6.07, 6.45) is 2.17. The molecule has 1 N–H and O–H groups in total. The Labute approximate surface area is 128 Å². The molecule has 0 amide bonds. The molecule has 21 heavy (non-hydrogen) atoms. The van der Waals surface area contributed by atoms with E-state index in [-0.39, 0.29) is 0 Å². The average molecular weight is 288 g/mol. The summed E-state index contributed by atoms with van der Waals surface area (Å²) in [7, 11) is 0. The Balaban J connectivity index is 2.08. The third-order valence-electron chi connectivity index (χ3n) is 3.50. The Morgan fingerprint density at radius 2 is 1.95 bits per heavy atom. The quantitative estimate of drug-likeness (QED) is 0.748. The molecule has 0 saturated carbocycles. The number of para-hydroxylation sites is 1. The smallest absolute Gasteiger partial charge is 0.0645 e. The van der Waals surface area contributed by atoms with Crippen molar-refractivity contribution < 1.29 is 4.74 Å². The van der Waals surface area contributed by atoms with Gasteiger partial charge in [0, 0.05) is 31.9 Å². The molecule has 1 heterocycles. The van der Waals surface area contributed by atoms with Crippen LogP contribution in [-0.4, -0.2) is 23.8 Å². The summed E-state index contributed by atoms with van der Waals surface area (Å²) in [6, 6.07) is 9.22. The van der Waals surface area contributed by atoms with Crippen LogP contribution in [0.4, 0.5) is 0 Å². The Morgan fingerprint density at radius 1 is 1.14 bits per heavy atom. The number of nitrogens with zero attached hydrogens (tertiary/aromatic N) is 1. The summed E-state index contributed by atoms with van der Waals surface area (Å²) >= 11 is 0. The zero-order valence-corrected chi connectivity index (χ0v) is 13.7. The third-order valence-corrected chi connectivity index (χ3v) is 3.50. The maximum atomic E-state index is 5.72. The highest BCUT2D eigenvalue weighted by atomic mass is 16.5. The van der Waals surface area contributed by atoms with Crippen LogP contribution in [0.2, 0.25) is 0 Å². The molecule has 0 atom stereocenters. The van der Waals surface area contributed by atoms with Crippen molar-refractivity contribution in [2.75, 3.05) is 13.2 Å². The summed E-state index contributed by atoms with van der Waals surface area (Å²) < 4.78 is 8.03. The van der Waals surface area contributed by atoms with Gasteiger partial charge in [-0.05, 0) is 22.9 Å². The van der Waals surface area contributed by atoms with Gasteiger partial charge in [-0.3, -0.25) is 0 Å². The molecule has 2 aromatic rings. The topological polar surface area (TPSA) is 26.2 Å². The van der Waals surface area contributed by atoms with Gasteiger partial charge in [0.25, 0.3) is 0 Å². The molecule has 2 rings (SSSR count). The predicted octanol–water partition coefficient (Wildman–Crippen LogP) is 3.81. The van der Waals surface area contributed by atoms with Crippen LogP contribution in [0.3, 0.4) is 0 Å². The van der Waals surface area contributed by atoms with Crippen molar-refractivity contribution in [2.45, 2.75) is 46.8 Å². The van der Waals surface area contributed by atoms with Crippen molar-refractivity contribution in [3.8, 4) is 0 Å². The summed E-state index contributed by atoms with van der Waals surface area (Å²) in [6.45, 7) is 12.1. The van der Waals surface area contributed by atoms with Crippen molar-refractivity contribution >= 4 is 10.9 Å². The van der Waals surface area contributed by atoms with E-state index in [2.05, 4.69) is 68.0 Å². The van der Waals surface area contributed by atoms with E-state index in [1.165, 1.54) is 16.5 Å². The van der Waals surface area contributed by atoms with Crippen LogP contribution in [0.15, 0.2) is 30.5 Å². The van der Waals surface area contributed by atoms with Crippen molar-refractivity contribution in [3.05, 3.63) is 36.0 Å². The fourth-order valence-electron chi connectivity index (χ4n) is 2.47. The van der Waals surface area contributed by atoms with E-state index < -0.39 is 0 Å². The van der Waals surface area contributed by atoms with E-state index >= 15 is 0 Å². The van der Waals surface area contributed by atoms with Crippen LogP contribution in [0.25, 0.3) is 10.9 Å². The first kappa shape index (κ1) is 16.1. The van der Waals surface area contributed by atoms with Gasteiger partial charge >= 0.3 is 0 Å². The van der Waals surface area contributed by atoms with Crippen LogP contribution in [0.5, 0.6) is 0 Å². The van der Waals surface area contributed by atoms with Gasteiger partial charge in [-0.25, -0.2) is 0 Å². The number of ether oxygens (including phenoxy) is 1. The molecule has 0 aliphatic rings. The van der Waals surface area contributed by atoms with Crippen LogP contribution in [0, 0.1) is 5.92 Å². The van der Waals surface area contributed by atoms with Gasteiger partial charge < -0.3 is 14.6 Å². The Morgan fingerprint density at radius 3 is 2.67 bits per heavy atom. The maximum Gasteiger partial charge on any atom is 0.0645 e. The van der Waals surface area contributed by atoms with Crippen molar-refractivity contribution in [2.24, 2.45) is 5.92 Å². The lowest BCUT2D eigenvalue weighted by Crippen LogP contribution is -2.22. The molecule has 116 valence electrons.